The van der Waals surface area contributed by atoms with Gasteiger partial charge in [-0.1, -0.05) is 30.3 Å². The van der Waals surface area contributed by atoms with Crippen LogP contribution in [-0.2, 0) is 4.79 Å². The van der Waals surface area contributed by atoms with Gasteiger partial charge < -0.3 is 15.4 Å². The summed E-state index contributed by atoms with van der Waals surface area (Å²) in [5.74, 6) is 0.772. The molecule has 0 saturated carbocycles. The van der Waals surface area contributed by atoms with E-state index >= 15 is 0 Å². The molecule has 1 atom stereocenters. The predicted molar refractivity (Wildman–Crippen MR) is 105 cm³/mol. The molecule has 0 radical (unpaired) electrons. The lowest BCUT2D eigenvalue weighted by molar-refractivity contribution is -0.119. The van der Waals surface area contributed by atoms with Gasteiger partial charge in [0, 0.05) is 18.3 Å². The first-order valence-corrected chi connectivity index (χ1v) is 9.06. The summed E-state index contributed by atoms with van der Waals surface area (Å²) in [7, 11) is 0. The minimum absolute atomic E-state index is 0.0118. The Morgan fingerprint density at radius 3 is 2.75 bits per heavy atom. The van der Waals surface area contributed by atoms with Gasteiger partial charge in [0.1, 0.15) is 5.75 Å². The number of pyridine rings is 1. The van der Waals surface area contributed by atoms with Crippen molar-refractivity contribution in [2.75, 3.05) is 5.32 Å². The van der Waals surface area contributed by atoms with Crippen LogP contribution in [0.4, 0.5) is 5.69 Å². The largest absolute Gasteiger partial charge is 0.455 e. The number of amides is 2. The molecule has 2 N–H and O–H groups in total. The topological polar surface area (TPSA) is 80.3 Å². The van der Waals surface area contributed by atoms with E-state index in [0.717, 1.165) is 12.0 Å². The van der Waals surface area contributed by atoms with Gasteiger partial charge in [0.25, 0.3) is 5.91 Å². The summed E-state index contributed by atoms with van der Waals surface area (Å²) in [6.45, 7) is 0. The van der Waals surface area contributed by atoms with Crippen molar-refractivity contribution >= 4 is 17.5 Å². The number of nitrogens with zero attached hydrogens (tertiary/aromatic N) is 1. The fourth-order valence-corrected chi connectivity index (χ4v) is 3.16. The number of hydrogen-bond donors (Lipinski definition) is 2. The maximum atomic E-state index is 12.8. The van der Waals surface area contributed by atoms with Crippen molar-refractivity contribution in [1.82, 2.24) is 10.3 Å². The maximum Gasteiger partial charge on any atom is 0.259 e. The molecule has 0 spiro atoms. The van der Waals surface area contributed by atoms with E-state index in [9.17, 15) is 9.59 Å². The first kappa shape index (κ1) is 17.7. The third-order valence-electron chi connectivity index (χ3n) is 4.54. The van der Waals surface area contributed by atoms with Crippen molar-refractivity contribution < 1.29 is 14.3 Å². The molecular weight excluding hydrogens is 354 g/mol. The van der Waals surface area contributed by atoms with E-state index in [1.165, 1.54) is 6.20 Å². The maximum absolute atomic E-state index is 12.8. The van der Waals surface area contributed by atoms with E-state index in [1.54, 1.807) is 12.3 Å². The molecule has 2 heterocycles. The molecular formula is C22H19N3O3. The van der Waals surface area contributed by atoms with Crippen LogP contribution in [0.25, 0.3) is 0 Å². The van der Waals surface area contributed by atoms with Gasteiger partial charge in [-0.25, -0.2) is 0 Å². The molecule has 6 heteroatoms. The highest BCUT2D eigenvalue weighted by Gasteiger charge is 2.22. The first-order valence-electron chi connectivity index (χ1n) is 9.06. The fourth-order valence-electron chi connectivity index (χ4n) is 3.16. The van der Waals surface area contributed by atoms with E-state index in [4.69, 9.17) is 4.74 Å². The van der Waals surface area contributed by atoms with E-state index in [0.29, 0.717) is 29.2 Å². The summed E-state index contributed by atoms with van der Waals surface area (Å²) in [6.07, 6.45) is 4.36. The molecule has 1 aromatic heterocycles. The average molecular weight is 373 g/mol. The zero-order valence-corrected chi connectivity index (χ0v) is 15.1. The number of benzene rings is 2. The number of ether oxygens (including phenoxy) is 1. The quantitative estimate of drug-likeness (QED) is 0.706. The highest BCUT2D eigenvalue weighted by molar-refractivity contribution is 6.06. The third-order valence-corrected chi connectivity index (χ3v) is 4.54. The monoisotopic (exact) mass is 373 g/mol. The summed E-state index contributed by atoms with van der Waals surface area (Å²) in [5.41, 5.74) is 2.02. The van der Waals surface area contributed by atoms with Crippen molar-refractivity contribution in [3.8, 4) is 11.5 Å². The van der Waals surface area contributed by atoms with Gasteiger partial charge in [0.15, 0.2) is 5.75 Å². The van der Waals surface area contributed by atoms with Crippen LogP contribution in [0, 0.1) is 0 Å². The molecule has 4 rings (SSSR count). The van der Waals surface area contributed by atoms with Crippen molar-refractivity contribution in [3.63, 3.8) is 0 Å². The molecule has 6 nitrogen and oxygen atoms in total. The average Bonchev–Trinajstić information content (AvgIpc) is 3.16. The molecule has 0 bridgehead atoms. The molecule has 2 aromatic carbocycles. The first-order chi connectivity index (χ1) is 13.7. The SMILES string of the molecule is O=C1CCC(c2cccc(NC(=O)c3ccncc3Oc3ccccc3)c2)N1. The molecule has 1 saturated heterocycles. The number of nitrogens with one attached hydrogen (secondary N) is 2. The Balaban J connectivity index is 1.52. The molecule has 1 fully saturated rings. The second-order valence-corrected chi connectivity index (χ2v) is 6.53. The summed E-state index contributed by atoms with van der Waals surface area (Å²) in [5, 5.41) is 5.84. The molecule has 1 aliphatic heterocycles. The lowest BCUT2D eigenvalue weighted by Gasteiger charge is -2.14. The Morgan fingerprint density at radius 1 is 1.11 bits per heavy atom. The number of anilines is 1. The van der Waals surface area contributed by atoms with Gasteiger partial charge in [-0.3, -0.25) is 14.6 Å². The zero-order chi connectivity index (χ0) is 19.3. The molecule has 0 aliphatic carbocycles. The summed E-state index contributed by atoms with van der Waals surface area (Å²) >= 11 is 0. The van der Waals surface area contributed by atoms with Crippen molar-refractivity contribution in [3.05, 3.63) is 84.2 Å². The minimum atomic E-state index is -0.291. The molecule has 2 amide bonds. The van der Waals surface area contributed by atoms with Gasteiger partial charge >= 0.3 is 0 Å². The summed E-state index contributed by atoms with van der Waals surface area (Å²) < 4.78 is 5.81. The number of aromatic nitrogens is 1. The van der Waals surface area contributed by atoms with E-state index < -0.39 is 0 Å². The van der Waals surface area contributed by atoms with Gasteiger partial charge in [0.05, 0.1) is 17.8 Å². The van der Waals surface area contributed by atoms with Crippen LogP contribution in [0.5, 0.6) is 11.5 Å². The zero-order valence-electron chi connectivity index (χ0n) is 15.1. The lowest BCUT2D eigenvalue weighted by Crippen LogP contribution is -2.18. The van der Waals surface area contributed by atoms with Crippen LogP contribution < -0.4 is 15.4 Å². The van der Waals surface area contributed by atoms with Gasteiger partial charge in [-0.2, -0.15) is 0 Å². The number of hydrogen-bond acceptors (Lipinski definition) is 4. The number of rotatable bonds is 5. The second-order valence-electron chi connectivity index (χ2n) is 6.53. The standard InChI is InChI=1S/C22H19N3O3/c26-21-10-9-19(25-21)15-5-4-6-16(13-15)24-22(27)18-11-12-23-14-20(18)28-17-7-2-1-3-8-17/h1-8,11-14,19H,9-10H2,(H,24,27)(H,25,26). The van der Waals surface area contributed by atoms with Crippen LogP contribution in [0.1, 0.15) is 34.8 Å². The van der Waals surface area contributed by atoms with E-state index in [2.05, 4.69) is 15.6 Å². The van der Waals surface area contributed by atoms with Crippen molar-refractivity contribution in [2.45, 2.75) is 18.9 Å². The predicted octanol–water partition coefficient (Wildman–Crippen LogP) is 4.08. The van der Waals surface area contributed by atoms with Crippen LogP contribution in [0.3, 0.4) is 0 Å². The fraction of sp³-hybridized carbons (Fsp3) is 0.136. The van der Waals surface area contributed by atoms with Gasteiger partial charge in [0.2, 0.25) is 5.91 Å². The second kappa shape index (κ2) is 7.92. The Labute approximate surface area is 162 Å². The van der Waals surface area contributed by atoms with Crippen molar-refractivity contribution in [1.29, 1.82) is 0 Å². The summed E-state index contributed by atoms with van der Waals surface area (Å²) in [4.78, 5) is 28.3. The Kier molecular flexibility index (Phi) is 5.01. The van der Waals surface area contributed by atoms with Crippen LogP contribution in [0.2, 0.25) is 0 Å². The van der Waals surface area contributed by atoms with Crippen LogP contribution in [-0.4, -0.2) is 16.8 Å². The van der Waals surface area contributed by atoms with E-state index in [-0.39, 0.29) is 17.9 Å². The number of para-hydroxylation sites is 1. The Bertz CT molecular complexity index is 1000. The highest BCUT2D eigenvalue weighted by Crippen LogP contribution is 2.27. The summed E-state index contributed by atoms with van der Waals surface area (Å²) in [6, 6.07) is 18.4. The molecule has 140 valence electrons. The molecule has 1 unspecified atom stereocenters. The molecule has 3 aromatic rings. The molecule has 28 heavy (non-hydrogen) atoms. The van der Waals surface area contributed by atoms with Gasteiger partial charge in [-0.05, 0) is 42.3 Å². The minimum Gasteiger partial charge on any atom is -0.455 e. The number of carbonyl (C=O) groups excluding carboxylic acids is 2. The molecule has 1 aliphatic rings. The lowest BCUT2D eigenvalue weighted by atomic mass is 10.0. The normalized spacial score (nSPS) is 15.7. The van der Waals surface area contributed by atoms with Gasteiger partial charge in [-0.15, -0.1) is 0 Å². The van der Waals surface area contributed by atoms with Crippen LogP contribution >= 0.6 is 0 Å². The van der Waals surface area contributed by atoms with E-state index in [1.807, 2.05) is 54.6 Å². The van der Waals surface area contributed by atoms with Crippen molar-refractivity contribution in [2.24, 2.45) is 0 Å². The third kappa shape index (κ3) is 4.01. The highest BCUT2D eigenvalue weighted by atomic mass is 16.5. The Morgan fingerprint density at radius 2 is 1.96 bits per heavy atom. The van der Waals surface area contributed by atoms with Crippen LogP contribution in [0.15, 0.2) is 73.1 Å². The number of carbonyl (C=O) groups is 2. The smallest absolute Gasteiger partial charge is 0.259 e. The Hall–Kier alpha value is -3.67.